The van der Waals surface area contributed by atoms with E-state index in [0.717, 1.165) is 28.1 Å². The van der Waals surface area contributed by atoms with Crippen LogP contribution in [-0.2, 0) is 11.3 Å². The first-order chi connectivity index (χ1) is 10.2. The van der Waals surface area contributed by atoms with Gasteiger partial charge in [0.2, 0.25) is 0 Å². The number of ether oxygens (including phenoxy) is 2. The first kappa shape index (κ1) is 16.3. The quantitative estimate of drug-likeness (QED) is 0.721. The van der Waals surface area contributed by atoms with Gasteiger partial charge in [-0.3, -0.25) is 0 Å². The molecule has 0 bridgehead atoms. The van der Waals surface area contributed by atoms with Crippen molar-refractivity contribution in [3.8, 4) is 11.5 Å². The van der Waals surface area contributed by atoms with Crippen molar-refractivity contribution >= 4 is 27.5 Å². The van der Waals surface area contributed by atoms with E-state index in [9.17, 15) is 0 Å². The molecule has 0 heterocycles. The number of rotatable bonds is 7. The largest absolute Gasteiger partial charge is 0.457 e. The minimum Gasteiger partial charge on any atom is -0.457 e. The Labute approximate surface area is 138 Å². The van der Waals surface area contributed by atoms with Crippen molar-refractivity contribution in [1.82, 2.24) is 5.32 Å². The Morgan fingerprint density at radius 1 is 1.14 bits per heavy atom. The van der Waals surface area contributed by atoms with Gasteiger partial charge in [0.15, 0.2) is 0 Å². The van der Waals surface area contributed by atoms with Crippen LogP contribution in [0.25, 0.3) is 0 Å². The van der Waals surface area contributed by atoms with Crippen molar-refractivity contribution in [3.63, 3.8) is 0 Å². The summed E-state index contributed by atoms with van der Waals surface area (Å²) < 4.78 is 12.0. The molecule has 2 rings (SSSR count). The van der Waals surface area contributed by atoms with Gasteiger partial charge in [-0.15, -0.1) is 0 Å². The van der Waals surface area contributed by atoms with Crippen LogP contribution in [0, 0.1) is 0 Å². The van der Waals surface area contributed by atoms with Gasteiger partial charge in [0.1, 0.15) is 11.5 Å². The molecule has 0 fully saturated rings. The van der Waals surface area contributed by atoms with Crippen LogP contribution >= 0.6 is 27.5 Å². The zero-order chi connectivity index (χ0) is 15.1. The maximum Gasteiger partial charge on any atom is 0.133 e. The molecule has 2 aromatic carbocycles. The summed E-state index contributed by atoms with van der Waals surface area (Å²) in [4.78, 5) is 0. The van der Waals surface area contributed by atoms with Gasteiger partial charge in [0.25, 0.3) is 0 Å². The Morgan fingerprint density at radius 3 is 2.62 bits per heavy atom. The van der Waals surface area contributed by atoms with Crippen molar-refractivity contribution in [3.05, 3.63) is 57.5 Å². The molecule has 0 aliphatic rings. The van der Waals surface area contributed by atoms with E-state index in [-0.39, 0.29) is 0 Å². The minimum absolute atomic E-state index is 0.655. The van der Waals surface area contributed by atoms with Crippen LogP contribution in [0.4, 0.5) is 0 Å². The first-order valence-corrected chi connectivity index (χ1v) is 7.77. The van der Waals surface area contributed by atoms with Crippen LogP contribution in [0.5, 0.6) is 11.5 Å². The molecule has 0 unspecified atom stereocenters. The lowest BCUT2D eigenvalue weighted by atomic mass is 10.2. The van der Waals surface area contributed by atoms with Crippen LogP contribution in [0.2, 0.25) is 5.02 Å². The molecule has 0 aliphatic carbocycles. The molecule has 0 saturated carbocycles. The van der Waals surface area contributed by atoms with Crippen LogP contribution in [-0.4, -0.2) is 20.3 Å². The van der Waals surface area contributed by atoms with Gasteiger partial charge in [-0.2, -0.15) is 0 Å². The lowest BCUT2D eigenvalue weighted by Crippen LogP contribution is -2.18. The van der Waals surface area contributed by atoms with Crippen LogP contribution in [0.15, 0.2) is 46.9 Å². The van der Waals surface area contributed by atoms with Gasteiger partial charge in [-0.25, -0.2) is 0 Å². The third-order valence-corrected chi connectivity index (χ3v) is 3.63. The van der Waals surface area contributed by atoms with E-state index in [1.807, 2.05) is 42.5 Å². The fourth-order valence-corrected chi connectivity index (χ4v) is 2.22. The van der Waals surface area contributed by atoms with Gasteiger partial charge in [-0.1, -0.05) is 33.6 Å². The summed E-state index contributed by atoms with van der Waals surface area (Å²) >= 11 is 9.47. The summed E-state index contributed by atoms with van der Waals surface area (Å²) in [7, 11) is 1.69. The fraction of sp³-hybridized carbons (Fsp3) is 0.250. The Kier molecular flexibility index (Phi) is 6.51. The molecule has 0 radical (unpaired) electrons. The minimum atomic E-state index is 0.655. The molecule has 3 nitrogen and oxygen atoms in total. The highest BCUT2D eigenvalue weighted by Gasteiger charge is 2.06. The molecule has 21 heavy (non-hydrogen) atoms. The average Bonchev–Trinajstić information content (AvgIpc) is 2.48. The fourth-order valence-electron chi connectivity index (χ4n) is 1.80. The predicted octanol–water partition coefficient (Wildman–Crippen LogP) is 4.63. The Morgan fingerprint density at radius 2 is 1.90 bits per heavy atom. The van der Waals surface area contributed by atoms with E-state index in [1.54, 1.807) is 7.11 Å². The third kappa shape index (κ3) is 5.32. The number of methoxy groups -OCH3 is 1. The van der Waals surface area contributed by atoms with E-state index >= 15 is 0 Å². The molecule has 112 valence electrons. The number of halogens is 2. The van der Waals surface area contributed by atoms with E-state index in [2.05, 4.69) is 21.2 Å². The van der Waals surface area contributed by atoms with Gasteiger partial charge in [0, 0.05) is 35.3 Å². The second kappa shape index (κ2) is 8.39. The van der Waals surface area contributed by atoms with Gasteiger partial charge in [0.05, 0.1) is 6.61 Å². The van der Waals surface area contributed by atoms with Crippen LogP contribution in [0.3, 0.4) is 0 Å². The molecule has 0 saturated heterocycles. The highest BCUT2D eigenvalue weighted by atomic mass is 79.9. The smallest absolute Gasteiger partial charge is 0.133 e. The van der Waals surface area contributed by atoms with Crippen molar-refractivity contribution < 1.29 is 9.47 Å². The van der Waals surface area contributed by atoms with Crippen LogP contribution < -0.4 is 10.1 Å². The molecule has 1 N–H and O–H groups in total. The number of hydrogen-bond acceptors (Lipinski definition) is 3. The zero-order valence-electron chi connectivity index (χ0n) is 11.7. The van der Waals surface area contributed by atoms with Crippen LogP contribution in [0.1, 0.15) is 5.56 Å². The molecular formula is C16H17BrClNO2. The van der Waals surface area contributed by atoms with E-state index in [0.29, 0.717) is 18.2 Å². The van der Waals surface area contributed by atoms with Crippen molar-refractivity contribution in [2.45, 2.75) is 6.54 Å². The van der Waals surface area contributed by atoms with E-state index < -0.39 is 0 Å². The van der Waals surface area contributed by atoms with Gasteiger partial charge in [-0.05, 0) is 36.4 Å². The highest BCUT2D eigenvalue weighted by Crippen LogP contribution is 2.29. The summed E-state index contributed by atoms with van der Waals surface area (Å²) in [6.45, 7) is 2.17. The second-order valence-electron chi connectivity index (χ2n) is 4.48. The highest BCUT2D eigenvalue weighted by molar-refractivity contribution is 9.10. The molecule has 5 heteroatoms. The summed E-state index contributed by atoms with van der Waals surface area (Å²) in [6.07, 6.45) is 0. The molecule has 0 aliphatic heterocycles. The third-order valence-electron chi connectivity index (χ3n) is 2.87. The Hall–Kier alpha value is -1.07. The monoisotopic (exact) mass is 369 g/mol. The predicted molar refractivity (Wildman–Crippen MR) is 89.3 cm³/mol. The topological polar surface area (TPSA) is 30.5 Å². The number of nitrogens with one attached hydrogen (secondary N) is 1. The maximum absolute atomic E-state index is 6.06. The molecule has 0 aromatic heterocycles. The lowest BCUT2D eigenvalue weighted by Gasteiger charge is -2.12. The number of hydrogen-bond donors (Lipinski definition) is 1. The van der Waals surface area contributed by atoms with E-state index in [4.69, 9.17) is 21.1 Å². The second-order valence-corrected chi connectivity index (χ2v) is 5.83. The Balaban J connectivity index is 2.09. The zero-order valence-corrected chi connectivity index (χ0v) is 14.1. The summed E-state index contributed by atoms with van der Waals surface area (Å²) in [5.74, 6) is 1.54. The molecule has 0 spiro atoms. The Bertz CT molecular complexity index is 575. The van der Waals surface area contributed by atoms with Crippen molar-refractivity contribution in [2.24, 2.45) is 0 Å². The van der Waals surface area contributed by atoms with Gasteiger partial charge >= 0.3 is 0 Å². The molecule has 0 amide bonds. The van der Waals surface area contributed by atoms with Crippen molar-refractivity contribution in [1.29, 1.82) is 0 Å². The maximum atomic E-state index is 6.06. The average molecular weight is 371 g/mol. The normalized spacial score (nSPS) is 10.6. The molecule has 2 aromatic rings. The van der Waals surface area contributed by atoms with Crippen molar-refractivity contribution in [2.75, 3.05) is 20.3 Å². The summed E-state index contributed by atoms with van der Waals surface area (Å²) in [5.41, 5.74) is 1.05. The summed E-state index contributed by atoms with van der Waals surface area (Å²) in [5, 5.41) is 3.96. The van der Waals surface area contributed by atoms with E-state index in [1.165, 1.54) is 0 Å². The first-order valence-electron chi connectivity index (χ1n) is 6.60. The summed E-state index contributed by atoms with van der Waals surface area (Å²) in [6, 6.07) is 13.4. The SMILES string of the molecule is COCCNCc1ccc(Cl)cc1Oc1ccc(Br)cc1. The molecule has 0 atom stereocenters. The van der Waals surface area contributed by atoms with Gasteiger partial charge < -0.3 is 14.8 Å². The standard InChI is InChI=1S/C16H17BrClNO2/c1-20-9-8-19-11-12-2-5-14(18)10-16(12)21-15-6-3-13(17)4-7-15/h2-7,10,19H,8-9,11H2,1H3. The number of benzene rings is 2. The lowest BCUT2D eigenvalue weighted by molar-refractivity contribution is 0.199. The molecular weight excluding hydrogens is 354 g/mol.